The Hall–Kier alpha value is -0.810. The highest BCUT2D eigenvalue weighted by atomic mass is 16.6. The van der Waals surface area contributed by atoms with Crippen molar-refractivity contribution < 1.29 is 19.4 Å². The van der Waals surface area contributed by atoms with Gasteiger partial charge in [-0.25, -0.2) is 4.79 Å². The molecule has 0 aromatic carbocycles. The first-order chi connectivity index (χ1) is 7.28. The number of rotatable bonds is 3. The highest BCUT2D eigenvalue weighted by Gasteiger charge is 2.34. The summed E-state index contributed by atoms with van der Waals surface area (Å²) in [4.78, 5) is 13.1. The first-order valence-corrected chi connectivity index (χ1v) is 5.55. The standard InChI is InChI=1S/C11H21NO4/c1-8(13)7-15-9-5-12(6-9)10(14)16-11(2,3)4/h8-9,13H,5-7H2,1-4H3/t8-/m1/s1. The Kier molecular flexibility index (Phi) is 4.15. The lowest BCUT2D eigenvalue weighted by Crippen LogP contribution is -2.56. The number of aliphatic hydroxyl groups excluding tert-OH is 1. The molecular formula is C11H21NO4. The van der Waals surface area contributed by atoms with Gasteiger partial charge in [-0.3, -0.25) is 0 Å². The summed E-state index contributed by atoms with van der Waals surface area (Å²) in [7, 11) is 0. The van der Waals surface area contributed by atoms with Gasteiger partial charge in [-0.15, -0.1) is 0 Å². The molecule has 5 heteroatoms. The van der Waals surface area contributed by atoms with Crippen molar-refractivity contribution in [3.05, 3.63) is 0 Å². The van der Waals surface area contributed by atoms with Crippen LogP contribution in [0.3, 0.4) is 0 Å². The molecule has 0 radical (unpaired) electrons. The fourth-order valence-electron chi connectivity index (χ4n) is 1.29. The average molecular weight is 231 g/mol. The van der Waals surface area contributed by atoms with Crippen molar-refractivity contribution in [3.8, 4) is 0 Å². The van der Waals surface area contributed by atoms with E-state index in [-0.39, 0.29) is 12.2 Å². The molecule has 0 aromatic heterocycles. The third-order valence-electron chi connectivity index (χ3n) is 2.07. The van der Waals surface area contributed by atoms with E-state index >= 15 is 0 Å². The maximum atomic E-state index is 11.5. The first kappa shape index (κ1) is 13.3. The highest BCUT2D eigenvalue weighted by molar-refractivity contribution is 5.69. The topological polar surface area (TPSA) is 59.0 Å². The second-order valence-corrected chi connectivity index (χ2v) is 5.19. The van der Waals surface area contributed by atoms with Gasteiger partial charge in [0.25, 0.3) is 0 Å². The Bertz CT molecular complexity index is 241. The molecule has 1 rings (SSSR count). The van der Waals surface area contributed by atoms with E-state index in [9.17, 15) is 4.79 Å². The van der Waals surface area contributed by atoms with Crippen molar-refractivity contribution in [3.63, 3.8) is 0 Å². The van der Waals surface area contributed by atoms with Gasteiger partial charge in [0.15, 0.2) is 0 Å². The van der Waals surface area contributed by atoms with Gasteiger partial charge in [-0.2, -0.15) is 0 Å². The summed E-state index contributed by atoms with van der Waals surface area (Å²) in [6.45, 7) is 8.59. The molecule has 0 saturated carbocycles. The number of carbonyl (C=O) groups is 1. The molecule has 0 aliphatic carbocycles. The molecule has 1 heterocycles. The molecule has 0 spiro atoms. The molecule has 1 saturated heterocycles. The second kappa shape index (κ2) is 5.01. The maximum Gasteiger partial charge on any atom is 0.410 e. The van der Waals surface area contributed by atoms with Crippen LogP contribution < -0.4 is 0 Å². The second-order valence-electron chi connectivity index (χ2n) is 5.19. The van der Waals surface area contributed by atoms with Gasteiger partial charge in [0.1, 0.15) is 5.60 Å². The lowest BCUT2D eigenvalue weighted by molar-refractivity contribution is -0.0803. The summed E-state index contributed by atoms with van der Waals surface area (Å²) < 4.78 is 10.5. The van der Waals surface area contributed by atoms with Crippen molar-refractivity contribution in [2.45, 2.75) is 45.5 Å². The van der Waals surface area contributed by atoms with Crippen LogP contribution in [0.2, 0.25) is 0 Å². The minimum atomic E-state index is -0.462. The summed E-state index contributed by atoms with van der Waals surface area (Å²) in [5.74, 6) is 0. The summed E-state index contributed by atoms with van der Waals surface area (Å²) in [5.41, 5.74) is -0.456. The number of hydrogen-bond donors (Lipinski definition) is 1. The van der Waals surface area contributed by atoms with Gasteiger partial charge < -0.3 is 19.5 Å². The van der Waals surface area contributed by atoms with Crippen LogP contribution in [-0.4, -0.2) is 53.6 Å². The Morgan fingerprint density at radius 1 is 1.50 bits per heavy atom. The predicted octanol–water partition coefficient (Wildman–Crippen LogP) is 1.00. The number of aliphatic hydroxyl groups is 1. The van der Waals surface area contributed by atoms with Gasteiger partial charge >= 0.3 is 6.09 Å². The van der Waals surface area contributed by atoms with Gasteiger partial charge in [0.2, 0.25) is 0 Å². The van der Waals surface area contributed by atoms with Crippen LogP contribution in [0.4, 0.5) is 4.79 Å². The molecule has 1 fully saturated rings. The van der Waals surface area contributed by atoms with E-state index in [4.69, 9.17) is 14.6 Å². The monoisotopic (exact) mass is 231 g/mol. The molecule has 1 N–H and O–H groups in total. The molecule has 0 unspecified atom stereocenters. The fraction of sp³-hybridized carbons (Fsp3) is 0.909. The smallest absolute Gasteiger partial charge is 0.410 e. The molecule has 0 bridgehead atoms. The Morgan fingerprint density at radius 2 is 2.06 bits per heavy atom. The lowest BCUT2D eigenvalue weighted by Gasteiger charge is -2.39. The molecule has 0 aromatic rings. The molecule has 5 nitrogen and oxygen atoms in total. The van der Waals surface area contributed by atoms with Crippen LogP contribution in [0, 0.1) is 0 Å². The number of amides is 1. The van der Waals surface area contributed by atoms with E-state index in [1.54, 1.807) is 11.8 Å². The van der Waals surface area contributed by atoms with E-state index in [1.807, 2.05) is 20.8 Å². The number of hydrogen-bond acceptors (Lipinski definition) is 4. The average Bonchev–Trinajstić information content (AvgIpc) is 1.96. The van der Waals surface area contributed by atoms with Gasteiger partial charge in [-0.05, 0) is 27.7 Å². The summed E-state index contributed by atoms with van der Waals surface area (Å²) in [6, 6.07) is 0. The minimum absolute atomic E-state index is 0.0297. The highest BCUT2D eigenvalue weighted by Crippen LogP contribution is 2.17. The third-order valence-corrected chi connectivity index (χ3v) is 2.07. The van der Waals surface area contributed by atoms with Crippen LogP contribution in [-0.2, 0) is 9.47 Å². The number of nitrogens with zero attached hydrogens (tertiary/aromatic N) is 1. The lowest BCUT2D eigenvalue weighted by atomic mass is 10.1. The van der Waals surface area contributed by atoms with E-state index in [0.29, 0.717) is 19.7 Å². The van der Waals surface area contributed by atoms with Crippen molar-refractivity contribution in [2.24, 2.45) is 0 Å². The minimum Gasteiger partial charge on any atom is -0.444 e. The van der Waals surface area contributed by atoms with Crippen LogP contribution in [0.1, 0.15) is 27.7 Å². The quantitative estimate of drug-likeness (QED) is 0.787. The van der Waals surface area contributed by atoms with Crippen LogP contribution >= 0.6 is 0 Å². The zero-order valence-corrected chi connectivity index (χ0v) is 10.4. The van der Waals surface area contributed by atoms with Gasteiger partial charge in [0, 0.05) is 0 Å². The Labute approximate surface area is 96.3 Å². The van der Waals surface area contributed by atoms with Crippen molar-refractivity contribution in [2.75, 3.05) is 19.7 Å². The predicted molar refractivity (Wildman–Crippen MR) is 59.2 cm³/mol. The Morgan fingerprint density at radius 3 is 2.50 bits per heavy atom. The maximum absolute atomic E-state index is 11.5. The fourth-order valence-corrected chi connectivity index (χ4v) is 1.29. The van der Waals surface area contributed by atoms with Crippen LogP contribution in [0.5, 0.6) is 0 Å². The normalized spacial score (nSPS) is 19.2. The number of likely N-dealkylation sites (tertiary alicyclic amines) is 1. The van der Waals surface area contributed by atoms with E-state index in [2.05, 4.69) is 0 Å². The first-order valence-electron chi connectivity index (χ1n) is 5.55. The zero-order chi connectivity index (χ0) is 12.3. The molecule has 16 heavy (non-hydrogen) atoms. The van der Waals surface area contributed by atoms with Crippen molar-refractivity contribution >= 4 is 6.09 Å². The summed E-state index contributed by atoms with van der Waals surface area (Å²) in [6.07, 6.45) is -0.734. The van der Waals surface area contributed by atoms with Crippen LogP contribution in [0.15, 0.2) is 0 Å². The van der Waals surface area contributed by atoms with E-state index in [0.717, 1.165) is 0 Å². The van der Waals surface area contributed by atoms with Crippen LogP contribution in [0.25, 0.3) is 0 Å². The number of carbonyl (C=O) groups excluding carboxylic acids is 1. The zero-order valence-electron chi connectivity index (χ0n) is 10.4. The van der Waals surface area contributed by atoms with Crippen molar-refractivity contribution in [1.29, 1.82) is 0 Å². The SMILES string of the molecule is C[C@@H](O)COC1CN(C(=O)OC(C)(C)C)C1. The van der Waals surface area contributed by atoms with E-state index < -0.39 is 11.7 Å². The number of ether oxygens (including phenoxy) is 2. The molecule has 1 aliphatic rings. The third kappa shape index (κ3) is 4.37. The van der Waals surface area contributed by atoms with Gasteiger partial charge in [-0.1, -0.05) is 0 Å². The molecule has 1 aliphatic heterocycles. The summed E-state index contributed by atoms with van der Waals surface area (Å²) >= 11 is 0. The largest absolute Gasteiger partial charge is 0.444 e. The Balaban J connectivity index is 2.18. The van der Waals surface area contributed by atoms with Crippen molar-refractivity contribution in [1.82, 2.24) is 4.90 Å². The molecule has 1 amide bonds. The molecule has 1 atom stereocenters. The van der Waals surface area contributed by atoms with E-state index in [1.165, 1.54) is 0 Å². The summed E-state index contributed by atoms with van der Waals surface area (Å²) in [5, 5.41) is 9.02. The molecular weight excluding hydrogens is 210 g/mol. The van der Waals surface area contributed by atoms with Gasteiger partial charge in [0.05, 0.1) is 31.9 Å². The molecule has 94 valence electrons.